The number of nitrogens with zero attached hydrogens (tertiary/aromatic N) is 3. The Bertz CT molecular complexity index is 1040. The van der Waals surface area contributed by atoms with E-state index in [2.05, 4.69) is 20.3 Å². The van der Waals surface area contributed by atoms with E-state index in [0.717, 1.165) is 5.56 Å². The molecular weight excluding hydrogens is 360 g/mol. The van der Waals surface area contributed by atoms with Gasteiger partial charge in [-0.15, -0.1) is 0 Å². The fourth-order valence-electron chi connectivity index (χ4n) is 2.91. The SMILES string of the molecule is C.Oc1c(C(Nc2ccccn2)c2cccnc2)cc(Cl)c2cccnc12. The Morgan fingerprint density at radius 2 is 1.78 bits per heavy atom. The van der Waals surface area contributed by atoms with Crippen LogP contribution in [0.3, 0.4) is 0 Å². The number of halogens is 1. The summed E-state index contributed by atoms with van der Waals surface area (Å²) in [7, 11) is 0. The summed E-state index contributed by atoms with van der Waals surface area (Å²) >= 11 is 6.46. The van der Waals surface area contributed by atoms with Crippen LogP contribution in [-0.4, -0.2) is 20.1 Å². The van der Waals surface area contributed by atoms with Gasteiger partial charge in [0.05, 0.1) is 11.1 Å². The Hall–Kier alpha value is -3.18. The van der Waals surface area contributed by atoms with E-state index < -0.39 is 0 Å². The summed E-state index contributed by atoms with van der Waals surface area (Å²) in [5.74, 6) is 0.764. The zero-order chi connectivity index (χ0) is 17.9. The molecule has 0 spiro atoms. The number of hydrogen-bond donors (Lipinski definition) is 2. The van der Waals surface area contributed by atoms with Crippen LogP contribution in [0.4, 0.5) is 5.82 Å². The van der Waals surface area contributed by atoms with Crippen molar-refractivity contribution < 1.29 is 5.11 Å². The molecule has 3 aromatic heterocycles. The third kappa shape index (κ3) is 3.68. The van der Waals surface area contributed by atoms with Crippen molar-refractivity contribution in [3.8, 4) is 5.75 Å². The molecule has 3 heterocycles. The largest absolute Gasteiger partial charge is 0.505 e. The van der Waals surface area contributed by atoms with Gasteiger partial charge in [-0.2, -0.15) is 0 Å². The highest BCUT2D eigenvalue weighted by atomic mass is 35.5. The molecule has 0 radical (unpaired) electrons. The molecule has 4 rings (SSSR count). The van der Waals surface area contributed by atoms with Crippen LogP contribution in [0.15, 0.2) is 73.3 Å². The van der Waals surface area contributed by atoms with E-state index in [0.29, 0.717) is 27.3 Å². The first-order chi connectivity index (χ1) is 12.7. The molecule has 0 aliphatic heterocycles. The third-order valence-electron chi connectivity index (χ3n) is 4.13. The van der Waals surface area contributed by atoms with E-state index in [1.807, 2.05) is 36.4 Å². The number of pyridine rings is 3. The maximum absolute atomic E-state index is 10.9. The van der Waals surface area contributed by atoms with Gasteiger partial charge in [0.1, 0.15) is 17.1 Å². The average molecular weight is 379 g/mol. The van der Waals surface area contributed by atoms with E-state index in [1.165, 1.54) is 0 Å². The van der Waals surface area contributed by atoms with Gasteiger partial charge < -0.3 is 10.4 Å². The molecule has 0 fully saturated rings. The van der Waals surface area contributed by atoms with Gasteiger partial charge in [0.2, 0.25) is 0 Å². The Morgan fingerprint density at radius 3 is 2.52 bits per heavy atom. The predicted octanol–water partition coefficient (Wildman–Crippen LogP) is 5.22. The minimum Gasteiger partial charge on any atom is -0.505 e. The first kappa shape index (κ1) is 18.6. The minimum atomic E-state index is -0.387. The smallest absolute Gasteiger partial charge is 0.147 e. The Morgan fingerprint density at radius 1 is 0.963 bits per heavy atom. The van der Waals surface area contributed by atoms with Crippen molar-refractivity contribution in [2.45, 2.75) is 13.5 Å². The predicted molar refractivity (Wildman–Crippen MR) is 109 cm³/mol. The van der Waals surface area contributed by atoms with Gasteiger partial charge in [0.25, 0.3) is 0 Å². The molecule has 0 amide bonds. The molecular formula is C21H19ClN4O. The van der Waals surface area contributed by atoms with Crippen molar-refractivity contribution in [2.24, 2.45) is 0 Å². The van der Waals surface area contributed by atoms with Crippen LogP contribution in [0.1, 0.15) is 24.6 Å². The second kappa shape index (κ2) is 8.01. The van der Waals surface area contributed by atoms with E-state index >= 15 is 0 Å². The van der Waals surface area contributed by atoms with Gasteiger partial charge in [-0.05, 0) is 42.0 Å². The highest BCUT2D eigenvalue weighted by molar-refractivity contribution is 6.35. The maximum Gasteiger partial charge on any atom is 0.147 e. The van der Waals surface area contributed by atoms with Gasteiger partial charge in [-0.25, -0.2) is 4.98 Å². The molecule has 5 nitrogen and oxygen atoms in total. The summed E-state index contributed by atoms with van der Waals surface area (Å²) in [4.78, 5) is 12.8. The normalized spacial score (nSPS) is 11.6. The number of phenolic OH excluding ortho intramolecular Hbond substituents is 1. The van der Waals surface area contributed by atoms with Crippen LogP contribution < -0.4 is 5.32 Å². The summed E-state index contributed by atoms with van der Waals surface area (Å²) in [5, 5.41) is 15.5. The van der Waals surface area contributed by atoms with Crippen molar-refractivity contribution in [3.63, 3.8) is 0 Å². The van der Waals surface area contributed by atoms with Crippen molar-refractivity contribution in [2.75, 3.05) is 5.32 Å². The molecule has 2 N–H and O–H groups in total. The lowest BCUT2D eigenvalue weighted by Gasteiger charge is -2.22. The Labute approximate surface area is 162 Å². The molecule has 4 aromatic rings. The monoisotopic (exact) mass is 378 g/mol. The number of rotatable bonds is 4. The molecule has 1 atom stereocenters. The fourth-order valence-corrected chi connectivity index (χ4v) is 3.18. The number of phenols is 1. The van der Waals surface area contributed by atoms with Crippen LogP contribution in [0, 0.1) is 0 Å². The minimum absolute atomic E-state index is 0. The highest BCUT2D eigenvalue weighted by Crippen LogP contribution is 2.39. The topological polar surface area (TPSA) is 70.9 Å². The van der Waals surface area contributed by atoms with Crippen LogP contribution in [0.5, 0.6) is 5.75 Å². The summed E-state index contributed by atoms with van der Waals surface area (Å²) < 4.78 is 0. The molecule has 6 heteroatoms. The number of fused-ring (bicyclic) bond motifs is 1. The van der Waals surface area contributed by atoms with Crippen LogP contribution in [0.25, 0.3) is 10.9 Å². The summed E-state index contributed by atoms with van der Waals surface area (Å²) in [6.07, 6.45) is 6.79. The van der Waals surface area contributed by atoms with Gasteiger partial charge >= 0.3 is 0 Å². The van der Waals surface area contributed by atoms with E-state index in [4.69, 9.17) is 11.6 Å². The lowest BCUT2D eigenvalue weighted by atomic mass is 9.97. The quantitative estimate of drug-likeness (QED) is 0.509. The van der Waals surface area contributed by atoms with Gasteiger partial charge in [-0.3, -0.25) is 9.97 Å². The summed E-state index contributed by atoms with van der Waals surface area (Å²) in [6, 6.07) is 14.4. The van der Waals surface area contributed by atoms with E-state index in [9.17, 15) is 5.11 Å². The summed E-state index contributed by atoms with van der Waals surface area (Å²) in [6.45, 7) is 0. The van der Waals surface area contributed by atoms with Crippen molar-refractivity contribution in [1.82, 2.24) is 15.0 Å². The van der Waals surface area contributed by atoms with Crippen LogP contribution in [0.2, 0.25) is 5.02 Å². The molecule has 0 bridgehead atoms. The van der Waals surface area contributed by atoms with E-state index in [-0.39, 0.29) is 19.2 Å². The number of hydrogen-bond acceptors (Lipinski definition) is 5. The lowest BCUT2D eigenvalue weighted by molar-refractivity contribution is 0.471. The second-order valence-corrected chi connectivity index (χ2v) is 6.18. The van der Waals surface area contributed by atoms with Gasteiger partial charge in [0.15, 0.2) is 0 Å². The van der Waals surface area contributed by atoms with Gasteiger partial charge in [-0.1, -0.05) is 31.2 Å². The highest BCUT2D eigenvalue weighted by Gasteiger charge is 2.22. The molecule has 0 aliphatic carbocycles. The van der Waals surface area contributed by atoms with Crippen molar-refractivity contribution >= 4 is 28.3 Å². The Kier molecular flexibility index (Phi) is 5.52. The first-order valence-electron chi connectivity index (χ1n) is 8.07. The van der Waals surface area contributed by atoms with Crippen molar-refractivity contribution in [1.29, 1.82) is 0 Å². The number of anilines is 1. The number of aromatic hydroxyl groups is 1. The standard InChI is InChI=1S/C20H15ClN4O.CH4/c21-16-11-15(20(26)19-14(16)6-4-10-24-19)18(13-5-3-8-22-12-13)25-17-7-1-2-9-23-17;/h1-12,18,26H,(H,23,25);1H4. The Balaban J connectivity index is 0.00000210. The van der Waals surface area contributed by atoms with E-state index in [1.54, 1.807) is 36.9 Å². The fraction of sp³-hybridized carbons (Fsp3) is 0.0952. The molecule has 0 saturated carbocycles. The molecule has 0 aliphatic rings. The molecule has 136 valence electrons. The molecule has 1 unspecified atom stereocenters. The number of nitrogens with one attached hydrogen (secondary N) is 1. The summed E-state index contributed by atoms with van der Waals surface area (Å²) in [5.41, 5.74) is 1.95. The van der Waals surface area contributed by atoms with Crippen molar-refractivity contribution in [3.05, 3.63) is 89.5 Å². The average Bonchev–Trinajstić information content (AvgIpc) is 2.71. The van der Waals surface area contributed by atoms with Crippen LogP contribution in [-0.2, 0) is 0 Å². The molecule has 27 heavy (non-hydrogen) atoms. The first-order valence-corrected chi connectivity index (χ1v) is 8.45. The second-order valence-electron chi connectivity index (χ2n) is 5.77. The number of benzene rings is 1. The third-order valence-corrected chi connectivity index (χ3v) is 4.44. The molecule has 1 aromatic carbocycles. The van der Waals surface area contributed by atoms with Crippen LogP contribution >= 0.6 is 11.6 Å². The zero-order valence-corrected chi connectivity index (χ0v) is 14.4. The lowest BCUT2D eigenvalue weighted by Crippen LogP contribution is -2.14. The van der Waals surface area contributed by atoms with Gasteiger partial charge in [0, 0.05) is 35.7 Å². The molecule has 0 saturated heterocycles. The maximum atomic E-state index is 10.9. The number of aromatic nitrogens is 3. The zero-order valence-electron chi connectivity index (χ0n) is 13.7.